The van der Waals surface area contributed by atoms with Gasteiger partial charge in [0.2, 0.25) is 10.0 Å². The lowest BCUT2D eigenvalue weighted by atomic mass is 10.0. The molecule has 30 heavy (non-hydrogen) atoms. The van der Waals surface area contributed by atoms with Gasteiger partial charge in [0.05, 0.1) is 11.9 Å². The number of carbonyl (C=O) groups is 1. The summed E-state index contributed by atoms with van der Waals surface area (Å²) in [6, 6.07) is 13.5. The normalized spacial score (nSPS) is 17.0. The highest BCUT2D eigenvalue weighted by Crippen LogP contribution is 2.30. The molecule has 0 atom stereocenters. The zero-order valence-corrected chi connectivity index (χ0v) is 18.2. The van der Waals surface area contributed by atoms with Crippen LogP contribution in [0.25, 0.3) is 0 Å². The zero-order valence-electron chi connectivity index (χ0n) is 17.4. The van der Waals surface area contributed by atoms with Crippen molar-refractivity contribution < 1.29 is 13.2 Å². The third-order valence-electron chi connectivity index (χ3n) is 6.00. The Labute approximate surface area is 178 Å². The van der Waals surface area contributed by atoms with E-state index in [0.717, 1.165) is 30.8 Å². The predicted octanol–water partition coefficient (Wildman–Crippen LogP) is 2.92. The first-order valence-corrected chi connectivity index (χ1v) is 12.4. The quantitative estimate of drug-likeness (QED) is 0.770. The number of rotatable bonds is 6. The Morgan fingerprint density at radius 3 is 2.47 bits per heavy atom. The SMILES string of the molecule is CS(=O)(=O)N1CCc2cc(C(=O)NCc3ccccc3CN3CCCCC3)ccc21. The van der Waals surface area contributed by atoms with Gasteiger partial charge in [-0.1, -0.05) is 30.7 Å². The van der Waals surface area contributed by atoms with Gasteiger partial charge in [-0.25, -0.2) is 8.42 Å². The number of carbonyl (C=O) groups excluding carboxylic acids is 1. The molecule has 1 fully saturated rings. The predicted molar refractivity (Wildman–Crippen MR) is 119 cm³/mol. The lowest BCUT2D eigenvalue weighted by Gasteiger charge is -2.27. The molecule has 7 heteroatoms. The van der Waals surface area contributed by atoms with Gasteiger partial charge < -0.3 is 5.32 Å². The van der Waals surface area contributed by atoms with Crippen molar-refractivity contribution in [2.24, 2.45) is 0 Å². The van der Waals surface area contributed by atoms with Crippen molar-refractivity contribution in [3.05, 3.63) is 64.7 Å². The number of nitrogens with zero attached hydrogens (tertiary/aromatic N) is 2. The maximum Gasteiger partial charge on any atom is 0.251 e. The first-order chi connectivity index (χ1) is 14.4. The number of amides is 1. The minimum Gasteiger partial charge on any atom is -0.348 e. The minimum absolute atomic E-state index is 0.136. The summed E-state index contributed by atoms with van der Waals surface area (Å²) in [6.45, 7) is 4.12. The van der Waals surface area contributed by atoms with E-state index in [-0.39, 0.29) is 5.91 Å². The first kappa shape index (κ1) is 20.9. The standard InChI is InChI=1S/C23H29N3O3S/c1-30(28,29)26-14-11-18-15-19(9-10-22(18)26)23(27)24-16-20-7-3-4-8-21(20)17-25-12-5-2-6-13-25/h3-4,7-10,15H,2,5-6,11-14,16-17H2,1H3,(H,24,27). The van der Waals surface area contributed by atoms with Gasteiger partial charge in [0.25, 0.3) is 5.91 Å². The molecule has 2 aliphatic heterocycles. The molecule has 2 aromatic rings. The Balaban J connectivity index is 1.42. The third-order valence-corrected chi connectivity index (χ3v) is 7.18. The monoisotopic (exact) mass is 427 g/mol. The van der Waals surface area contributed by atoms with Gasteiger partial charge in [0.1, 0.15) is 0 Å². The summed E-state index contributed by atoms with van der Waals surface area (Å²) in [5, 5.41) is 3.04. The van der Waals surface area contributed by atoms with Crippen LogP contribution >= 0.6 is 0 Å². The van der Waals surface area contributed by atoms with Crippen LogP contribution in [0.3, 0.4) is 0 Å². The Kier molecular flexibility index (Phi) is 6.11. The number of hydrogen-bond acceptors (Lipinski definition) is 4. The number of fused-ring (bicyclic) bond motifs is 1. The van der Waals surface area contributed by atoms with E-state index in [1.54, 1.807) is 12.1 Å². The van der Waals surface area contributed by atoms with Crippen LogP contribution in [0.5, 0.6) is 0 Å². The highest BCUT2D eigenvalue weighted by atomic mass is 32.2. The fourth-order valence-electron chi connectivity index (χ4n) is 4.38. The number of anilines is 1. The Hall–Kier alpha value is -2.38. The van der Waals surface area contributed by atoms with E-state index < -0.39 is 10.0 Å². The lowest BCUT2D eigenvalue weighted by molar-refractivity contribution is 0.0950. The van der Waals surface area contributed by atoms with Gasteiger partial charge in [-0.15, -0.1) is 0 Å². The second kappa shape index (κ2) is 8.78. The van der Waals surface area contributed by atoms with E-state index in [9.17, 15) is 13.2 Å². The van der Waals surface area contributed by atoms with Crippen molar-refractivity contribution in [3.63, 3.8) is 0 Å². The molecular weight excluding hydrogens is 398 g/mol. The highest BCUT2D eigenvalue weighted by molar-refractivity contribution is 7.92. The molecule has 2 aliphatic rings. The van der Waals surface area contributed by atoms with Crippen LogP contribution in [0, 0.1) is 0 Å². The molecule has 1 amide bonds. The fourth-order valence-corrected chi connectivity index (χ4v) is 5.34. The molecule has 0 bridgehead atoms. The average Bonchev–Trinajstić information content (AvgIpc) is 3.17. The number of nitrogens with one attached hydrogen (secondary N) is 1. The molecule has 0 aromatic heterocycles. The summed E-state index contributed by atoms with van der Waals surface area (Å²) in [5.74, 6) is -0.136. The fraction of sp³-hybridized carbons (Fsp3) is 0.435. The zero-order chi connectivity index (χ0) is 21.1. The molecule has 0 radical (unpaired) electrons. The molecule has 0 saturated carbocycles. The van der Waals surface area contributed by atoms with Gasteiger partial charge in [-0.05, 0) is 67.2 Å². The number of piperidine rings is 1. The molecule has 2 aromatic carbocycles. The van der Waals surface area contributed by atoms with E-state index in [4.69, 9.17) is 0 Å². The molecule has 2 heterocycles. The van der Waals surface area contributed by atoms with Crippen molar-refractivity contribution in [2.45, 2.75) is 38.8 Å². The van der Waals surface area contributed by atoms with E-state index in [1.165, 1.54) is 35.4 Å². The number of likely N-dealkylation sites (tertiary alicyclic amines) is 1. The lowest BCUT2D eigenvalue weighted by Crippen LogP contribution is -2.30. The van der Waals surface area contributed by atoms with Gasteiger partial charge in [0, 0.05) is 25.2 Å². The smallest absolute Gasteiger partial charge is 0.251 e. The van der Waals surface area contributed by atoms with Crippen LogP contribution in [0.2, 0.25) is 0 Å². The van der Waals surface area contributed by atoms with Crippen LogP contribution in [0.15, 0.2) is 42.5 Å². The van der Waals surface area contributed by atoms with Crippen LogP contribution in [0.1, 0.15) is 46.3 Å². The van der Waals surface area contributed by atoms with Crippen LogP contribution in [0.4, 0.5) is 5.69 Å². The summed E-state index contributed by atoms with van der Waals surface area (Å²) in [5.41, 5.74) is 4.55. The van der Waals surface area contributed by atoms with Crippen molar-refractivity contribution in [1.29, 1.82) is 0 Å². The summed E-state index contributed by atoms with van der Waals surface area (Å²) in [4.78, 5) is 15.2. The number of benzene rings is 2. The average molecular weight is 428 g/mol. The van der Waals surface area contributed by atoms with Crippen molar-refractivity contribution >= 4 is 21.6 Å². The Morgan fingerprint density at radius 1 is 1.00 bits per heavy atom. The van der Waals surface area contributed by atoms with Crippen LogP contribution in [-0.4, -0.2) is 45.1 Å². The summed E-state index contributed by atoms with van der Waals surface area (Å²) in [6.07, 6.45) is 5.67. The molecule has 0 aliphatic carbocycles. The second-order valence-electron chi connectivity index (χ2n) is 8.22. The van der Waals surface area contributed by atoms with E-state index in [0.29, 0.717) is 30.8 Å². The second-order valence-corrected chi connectivity index (χ2v) is 10.1. The minimum atomic E-state index is -3.28. The molecular formula is C23H29N3O3S. The van der Waals surface area contributed by atoms with Gasteiger partial charge in [0.15, 0.2) is 0 Å². The van der Waals surface area contributed by atoms with Gasteiger partial charge in [-0.3, -0.25) is 14.0 Å². The maximum atomic E-state index is 12.7. The Morgan fingerprint density at radius 2 is 1.73 bits per heavy atom. The van der Waals surface area contributed by atoms with Crippen LogP contribution < -0.4 is 9.62 Å². The van der Waals surface area contributed by atoms with E-state index >= 15 is 0 Å². The number of sulfonamides is 1. The van der Waals surface area contributed by atoms with Gasteiger partial charge >= 0.3 is 0 Å². The Bertz CT molecular complexity index is 1030. The summed E-state index contributed by atoms with van der Waals surface area (Å²) >= 11 is 0. The topological polar surface area (TPSA) is 69.7 Å². The molecule has 6 nitrogen and oxygen atoms in total. The molecule has 0 unspecified atom stereocenters. The molecule has 0 spiro atoms. The highest BCUT2D eigenvalue weighted by Gasteiger charge is 2.26. The van der Waals surface area contributed by atoms with Crippen LogP contribution in [-0.2, 0) is 29.5 Å². The van der Waals surface area contributed by atoms with Gasteiger partial charge in [-0.2, -0.15) is 0 Å². The molecule has 4 rings (SSSR count). The molecule has 160 valence electrons. The van der Waals surface area contributed by atoms with E-state index in [1.807, 2.05) is 12.1 Å². The maximum absolute atomic E-state index is 12.7. The van der Waals surface area contributed by atoms with Crippen molar-refractivity contribution in [1.82, 2.24) is 10.2 Å². The third kappa shape index (κ3) is 4.68. The largest absolute Gasteiger partial charge is 0.348 e. The molecule has 1 N–H and O–H groups in total. The summed E-state index contributed by atoms with van der Waals surface area (Å²) < 4.78 is 25.2. The summed E-state index contributed by atoms with van der Waals surface area (Å²) in [7, 11) is -3.28. The van der Waals surface area contributed by atoms with Crippen molar-refractivity contribution in [3.8, 4) is 0 Å². The van der Waals surface area contributed by atoms with Crippen molar-refractivity contribution in [2.75, 3.05) is 30.2 Å². The first-order valence-electron chi connectivity index (χ1n) is 10.6. The van der Waals surface area contributed by atoms with E-state index in [2.05, 4.69) is 28.4 Å². The number of hydrogen-bond donors (Lipinski definition) is 1. The molecule has 1 saturated heterocycles.